The normalized spacial score (nSPS) is 18.3. The zero-order chi connectivity index (χ0) is 31.1. The van der Waals surface area contributed by atoms with Crippen molar-refractivity contribution < 1.29 is 28.6 Å². The van der Waals surface area contributed by atoms with E-state index in [1.54, 1.807) is 36.0 Å². The minimum Gasteiger partial charge on any atom is -0.484 e. The molecule has 0 aromatic heterocycles. The van der Waals surface area contributed by atoms with Gasteiger partial charge in [0.15, 0.2) is 12.9 Å². The summed E-state index contributed by atoms with van der Waals surface area (Å²) in [7, 11) is 1.53. The van der Waals surface area contributed by atoms with Gasteiger partial charge in [0.05, 0.1) is 24.0 Å². The van der Waals surface area contributed by atoms with Gasteiger partial charge in [-0.3, -0.25) is 14.4 Å². The fraction of sp³-hybridized carbons (Fsp3) is 0.364. The number of rotatable bonds is 12. The zero-order valence-corrected chi connectivity index (χ0v) is 25.8. The summed E-state index contributed by atoms with van der Waals surface area (Å²) in [4.78, 5) is 42.3. The summed E-state index contributed by atoms with van der Waals surface area (Å²) in [6.45, 7) is 4.13. The summed E-state index contributed by atoms with van der Waals surface area (Å²) in [5, 5.41) is 12.0. The largest absolute Gasteiger partial charge is 0.484 e. The molecule has 2 heterocycles. The minimum absolute atomic E-state index is 0.125. The molecule has 44 heavy (non-hydrogen) atoms. The molecule has 0 spiro atoms. The van der Waals surface area contributed by atoms with Crippen LogP contribution in [0, 0.1) is 5.92 Å². The van der Waals surface area contributed by atoms with Gasteiger partial charge in [-0.05, 0) is 48.6 Å². The second kappa shape index (κ2) is 14.6. The molecule has 232 valence electrons. The molecule has 0 bridgehead atoms. The Bertz CT molecular complexity index is 1470. The van der Waals surface area contributed by atoms with E-state index >= 15 is 0 Å². The van der Waals surface area contributed by atoms with Gasteiger partial charge in [0.2, 0.25) is 11.8 Å². The summed E-state index contributed by atoms with van der Waals surface area (Å²) in [5.74, 6) is -0.653. The standard InChI is InChI=1S/C33H38N4O6S/c1-20(2)17-26(31(39)35-24-15-16-42-33(24)41-3)36-32(40)30(21-9-5-4-6-10-21)37-29(38)19-43-22-13-14-28-25(18-22)34-23-11-7-8-12-27(23)44-28/h4-14,18,20,24,26,30,33-34H,15-17,19H2,1-3H3,(H,35,39)(H,36,40)(H,37,38)/t24-,26-,30-,33?/m0/s1. The van der Waals surface area contributed by atoms with Gasteiger partial charge in [-0.15, -0.1) is 0 Å². The lowest BCUT2D eigenvalue weighted by atomic mass is 10.0. The number of para-hydroxylation sites is 1. The summed E-state index contributed by atoms with van der Waals surface area (Å²) in [5.41, 5.74) is 2.49. The van der Waals surface area contributed by atoms with Crippen LogP contribution < -0.4 is 26.0 Å². The SMILES string of the molecule is COC1OCC[C@@H]1NC(=O)[C@H](CC(C)C)NC(=O)[C@@H](NC(=O)COc1ccc2c(c1)Nc1ccccc1S2)c1ccccc1. The molecule has 5 rings (SSSR count). The quantitative estimate of drug-likeness (QED) is 0.182. The third-order valence-electron chi connectivity index (χ3n) is 7.34. The van der Waals surface area contributed by atoms with Crippen molar-refractivity contribution >= 4 is 40.9 Å². The second-order valence-corrected chi connectivity index (χ2v) is 12.2. The van der Waals surface area contributed by atoms with Crippen LogP contribution in [0.3, 0.4) is 0 Å². The van der Waals surface area contributed by atoms with Crippen molar-refractivity contribution in [3.05, 3.63) is 78.4 Å². The average Bonchev–Trinajstić information content (AvgIpc) is 3.48. The molecular formula is C33H38N4O6S. The number of carbonyl (C=O) groups is 3. The maximum Gasteiger partial charge on any atom is 0.258 e. The molecule has 3 amide bonds. The maximum absolute atomic E-state index is 13.7. The molecule has 3 aromatic carbocycles. The van der Waals surface area contributed by atoms with E-state index in [1.807, 2.05) is 56.3 Å². The highest BCUT2D eigenvalue weighted by molar-refractivity contribution is 7.99. The third kappa shape index (κ3) is 7.90. The molecule has 3 aromatic rings. The van der Waals surface area contributed by atoms with Gasteiger partial charge in [0, 0.05) is 23.0 Å². The average molecular weight is 619 g/mol. The van der Waals surface area contributed by atoms with Crippen molar-refractivity contribution in [1.29, 1.82) is 0 Å². The van der Waals surface area contributed by atoms with Crippen LogP contribution in [0.2, 0.25) is 0 Å². The zero-order valence-electron chi connectivity index (χ0n) is 25.0. The number of ether oxygens (including phenoxy) is 3. The summed E-state index contributed by atoms with van der Waals surface area (Å²) in [6.07, 6.45) is 0.490. The first-order valence-electron chi connectivity index (χ1n) is 14.7. The van der Waals surface area contributed by atoms with Crippen LogP contribution in [-0.4, -0.2) is 56.4 Å². The van der Waals surface area contributed by atoms with E-state index in [0.717, 1.165) is 21.2 Å². The number of benzene rings is 3. The highest BCUT2D eigenvalue weighted by Gasteiger charge is 2.34. The molecule has 1 unspecified atom stereocenters. The molecule has 0 radical (unpaired) electrons. The lowest BCUT2D eigenvalue weighted by Crippen LogP contribution is -2.54. The molecular weight excluding hydrogens is 580 g/mol. The Morgan fingerprint density at radius 1 is 0.955 bits per heavy atom. The van der Waals surface area contributed by atoms with Crippen molar-refractivity contribution in [3.8, 4) is 5.75 Å². The van der Waals surface area contributed by atoms with Crippen molar-refractivity contribution in [1.82, 2.24) is 16.0 Å². The number of amides is 3. The number of methoxy groups -OCH3 is 1. The lowest BCUT2D eigenvalue weighted by molar-refractivity contribution is -0.135. The smallest absolute Gasteiger partial charge is 0.258 e. The number of anilines is 2. The number of hydrogen-bond acceptors (Lipinski definition) is 8. The Hall–Kier alpha value is -4.06. The minimum atomic E-state index is -1.03. The molecule has 0 saturated carbocycles. The molecule has 0 aliphatic carbocycles. The number of carbonyl (C=O) groups excluding carboxylic acids is 3. The van der Waals surface area contributed by atoms with Crippen LogP contribution >= 0.6 is 11.8 Å². The Balaban J connectivity index is 1.24. The van der Waals surface area contributed by atoms with Gasteiger partial charge in [-0.2, -0.15) is 0 Å². The predicted molar refractivity (Wildman–Crippen MR) is 168 cm³/mol. The first-order chi connectivity index (χ1) is 21.3. The predicted octanol–water partition coefficient (Wildman–Crippen LogP) is 4.54. The first-order valence-corrected chi connectivity index (χ1v) is 15.5. The van der Waals surface area contributed by atoms with E-state index in [1.165, 1.54) is 7.11 Å². The fourth-order valence-electron chi connectivity index (χ4n) is 5.18. The Labute approximate surface area is 261 Å². The maximum atomic E-state index is 13.7. The molecule has 1 fully saturated rings. The van der Waals surface area contributed by atoms with E-state index in [9.17, 15) is 14.4 Å². The molecule has 2 aliphatic heterocycles. The van der Waals surface area contributed by atoms with Gasteiger partial charge in [-0.25, -0.2) is 0 Å². The topological polar surface area (TPSA) is 127 Å². The Kier molecular flexibility index (Phi) is 10.4. The van der Waals surface area contributed by atoms with Crippen LogP contribution in [-0.2, 0) is 23.9 Å². The number of nitrogens with one attached hydrogen (secondary N) is 4. The molecule has 11 heteroatoms. The van der Waals surface area contributed by atoms with Crippen LogP contribution in [0.25, 0.3) is 0 Å². The Morgan fingerprint density at radius 2 is 1.70 bits per heavy atom. The second-order valence-electron chi connectivity index (χ2n) is 11.2. The van der Waals surface area contributed by atoms with Crippen LogP contribution in [0.4, 0.5) is 11.4 Å². The van der Waals surface area contributed by atoms with Crippen molar-refractivity contribution in [2.75, 3.05) is 25.6 Å². The van der Waals surface area contributed by atoms with Gasteiger partial charge < -0.3 is 35.5 Å². The van der Waals surface area contributed by atoms with Crippen LogP contribution in [0.15, 0.2) is 82.6 Å². The molecule has 1 saturated heterocycles. The molecule has 4 atom stereocenters. The third-order valence-corrected chi connectivity index (χ3v) is 8.49. The van der Waals surface area contributed by atoms with Crippen molar-refractivity contribution in [2.24, 2.45) is 5.92 Å². The number of fused-ring (bicyclic) bond motifs is 2. The van der Waals surface area contributed by atoms with Gasteiger partial charge in [0.1, 0.15) is 17.8 Å². The van der Waals surface area contributed by atoms with Crippen LogP contribution in [0.1, 0.15) is 38.3 Å². The van der Waals surface area contributed by atoms with E-state index in [2.05, 4.69) is 27.3 Å². The van der Waals surface area contributed by atoms with Crippen molar-refractivity contribution in [2.45, 2.75) is 60.9 Å². The highest BCUT2D eigenvalue weighted by Crippen LogP contribution is 2.45. The summed E-state index contributed by atoms with van der Waals surface area (Å²) < 4.78 is 16.6. The van der Waals surface area contributed by atoms with E-state index in [-0.39, 0.29) is 24.5 Å². The van der Waals surface area contributed by atoms with Gasteiger partial charge >= 0.3 is 0 Å². The van der Waals surface area contributed by atoms with Crippen molar-refractivity contribution in [3.63, 3.8) is 0 Å². The molecule has 10 nitrogen and oxygen atoms in total. The fourth-order valence-corrected chi connectivity index (χ4v) is 6.15. The highest BCUT2D eigenvalue weighted by atomic mass is 32.2. The van der Waals surface area contributed by atoms with E-state index in [0.29, 0.717) is 30.8 Å². The van der Waals surface area contributed by atoms with E-state index in [4.69, 9.17) is 14.2 Å². The van der Waals surface area contributed by atoms with E-state index < -0.39 is 30.2 Å². The van der Waals surface area contributed by atoms with Gasteiger partial charge in [-0.1, -0.05) is 68.1 Å². The monoisotopic (exact) mass is 618 g/mol. The van der Waals surface area contributed by atoms with Gasteiger partial charge in [0.25, 0.3) is 5.91 Å². The number of hydrogen-bond donors (Lipinski definition) is 4. The van der Waals surface area contributed by atoms with Crippen LogP contribution in [0.5, 0.6) is 5.75 Å². The Morgan fingerprint density at radius 3 is 2.48 bits per heavy atom. The summed E-state index contributed by atoms with van der Waals surface area (Å²) in [6, 6.07) is 20.4. The first kappa shape index (κ1) is 31.4. The molecule has 2 aliphatic rings. The molecule has 4 N–H and O–H groups in total. The lowest BCUT2D eigenvalue weighted by Gasteiger charge is -2.26. The summed E-state index contributed by atoms with van der Waals surface area (Å²) >= 11 is 1.66.